The Balaban J connectivity index is 0. The van der Waals surface area contributed by atoms with Gasteiger partial charge in [0.05, 0.1) is 5.75 Å². The number of unbranched alkanes of at least 4 members (excludes halogenated alkanes) is 1. The van der Waals surface area contributed by atoms with Gasteiger partial charge in [-0.2, -0.15) is 18.3 Å². The van der Waals surface area contributed by atoms with E-state index in [0.717, 1.165) is 0 Å². The molecule has 0 aromatic heterocycles. The smallest absolute Gasteiger partial charge is 0.197 e. The van der Waals surface area contributed by atoms with E-state index in [-0.39, 0.29) is 15.7 Å². The molecule has 0 bridgehead atoms. The average Bonchev–Trinajstić information content (AvgIpc) is 1.84. The topological polar surface area (TPSA) is 43.4 Å². The molecule has 0 fully saturated rings. The minimum atomic E-state index is -3.85. The van der Waals surface area contributed by atoms with Crippen LogP contribution in [0.3, 0.4) is 0 Å². The lowest BCUT2D eigenvalue weighted by atomic mass is 10.4. The predicted molar refractivity (Wildman–Crippen MR) is 42.0 cm³/mol. The molecular formula is C4H12FO3PS. The van der Waals surface area contributed by atoms with Gasteiger partial charge in [-0.05, 0) is 10.9 Å². The van der Waals surface area contributed by atoms with Gasteiger partial charge >= 0.3 is 0 Å². The van der Waals surface area contributed by atoms with Crippen LogP contribution < -0.4 is 0 Å². The zero-order valence-electron chi connectivity index (χ0n) is 5.84. The predicted octanol–water partition coefficient (Wildman–Crippen LogP) is 1.08. The summed E-state index contributed by atoms with van der Waals surface area (Å²) in [6, 6.07) is 0. The Hall–Kier alpha value is 0.270. The van der Waals surface area contributed by atoms with Crippen LogP contribution in [0.5, 0.6) is 0 Å². The van der Waals surface area contributed by atoms with Crippen molar-refractivity contribution in [2.24, 2.45) is 0 Å². The molecule has 0 aromatic carbocycles. The second kappa shape index (κ2) is 6.01. The van der Waals surface area contributed by atoms with Crippen LogP contribution in [0.2, 0.25) is 0 Å². The summed E-state index contributed by atoms with van der Waals surface area (Å²) >= 11 is 0. The van der Waals surface area contributed by atoms with Crippen LogP contribution in [0.4, 0.5) is 4.53 Å². The van der Waals surface area contributed by atoms with Gasteiger partial charge in [0.1, 0.15) is 0 Å². The van der Waals surface area contributed by atoms with Crippen LogP contribution in [0.25, 0.3) is 0 Å². The van der Waals surface area contributed by atoms with Gasteiger partial charge in [0.25, 0.3) is 10.1 Å². The second-order valence-corrected chi connectivity index (χ2v) is 3.33. The van der Waals surface area contributed by atoms with Crippen LogP contribution >= 0.6 is 9.90 Å². The molecule has 1 unspecified atom stereocenters. The Morgan fingerprint density at radius 1 is 1.50 bits per heavy atom. The summed E-state index contributed by atoms with van der Waals surface area (Å²) in [5, 5.41) is 0. The molecule has 0 aliphatic rings. The van der Waals surface area contributed by atoms with E-state index in [1.54, 1.807) is 0 Å². The van der Waals surface area contributed by atoms with Gasteiger partial charge in [-0.15, -0.1) is 0 Å². The molecule has 64 valence electrons. The van der Waals surface area contributed by atoms with Gasteiger partial charge in [0.2, 0.25) is 0 Å². The molecule has 3 nitrogen and oxygen atoms in total. The Kier molecular flexibility index (Phi) is 7.76. The van der Waals surface area contributed by atoms with E-state index in [9.17, 15) is 12.9 Å². The second-order valence-electron chi connectivity index (χ2n) is 1.68. The minimum Gasteiger partial charge on any atom is -0.197 e. The van der Waals surface area contributed by atoms with Gasteiger partial charge in [0.15, 0.2) is 0 Å². The summed E-state index contributed by atoms with van der Waals surface area (Å²) in [6.07, 6.45) is 1.15. The zero-order chi connectivity index (χ0) is 7.33. The van der Waals surface area contributed by atoms with Crippen molar-refractivity contribution in [2.75, 3.05) is 5.75 Å². The van der Waals surface area contributed by atoms with E-state index in [4.69, 9.17) is 0 Å². The molecule has 0 saturated carbocycles. The highest BCUT2D eigenvalue weighted by atomic mass is 32.2. The van der Waals surface area contributed by atoms with E-state index in [0.29, 0.717) is 12.8 Å². The fourth-order valence-corrected chi connectivity index (χ4v) is 1.06. The van der Waals surface area contributed by atoms with E-state index in [2.05, 4.69) is 4.39 Å². The first-order chi connectivity index (χ1) is 4.12. The molecule has 0 aliphatic heterocycles. The first-order valence-corrected chi connectivity index (χ1v) is 4.23. The van der Waals surface area contributed by atoms with Crippen LogP contribution in [0, 0.1) is 0 Å². The van der Waals surface area contributed by atoms with Crippen molar-refractivity contribution in [3.8, 4) is 0 Å². The van der Waals surface area contributed by atoms with Gasteiger partial charge in [-0.1, -0.05) is 17.7 Å². The first-order valence-electron chi connectivity index (χ1n) is 2.65. The molecule has 0 spiro atoms. The molecule has 0 rings (SSSR count). The molecule has 0 radical (unpaired) electrons. The molecule has 0 N–H and O–H groups in total. The molecule has 0 amide bonds. The minimum absolute atomic E-state index is 0. The molecule has 0 saturated heterocycles. The highest BCUT2D eigenvalue weighted by Crippen LogP contribution is 1.98. The van der Waals surface area contributed by atoms with E-state index >= 15 is 0 Å². The molecule has 0 aromatic rings. The first kappa shape index (κ1) is 12.9. The molecule has 0 heterocycles. The van der Waals surface area contributed by atoms with Crippen LogP contribution in [-0.2, 0) is 14.5 Å². The maximum atomic E-state index is 11.0. The molecule has 1 atom stereocenters. The number of halogens is 1. The lowest BCUT2D eigenvalue weighted by Gasteiger charge is -1.92. The summed E-state index contributed by atoms with van der Waals surface area (Å²) in [5.41, 5.74) is 0. The van der Waals surface area contributed by atoms with Gasteiger partial charge in [-0.25, -0.2) is 0 Å². The SMILES string of the molecule is CCCCS(=O)(=O)OF.P. The van der Waals surface area contributed by atoms with Gasteiger partial charge < -0.3 is 0 Å². The third-order valence-electron chi connectivity index (χ3n) is 0.844. The van der Waals surface area contributed by atoms with E-state index < -0.39 is 10.1 Å². The standard InChI is InChI=1S/C4H9FO3S.H3P/c1-2-3-4-9(6,7)8-5;/h2-4H2,1H3;1H3. The highest BCUT2D eigenvalue weighted by Gasteiger charge is 2.08. The van der Waals surface area contributed by atoms with Crippen molar-refractivity contribution in [1.29, 1.82) is 0 Å². The quantitative estimate of drug-likeness (QED) is 0.623. The Morgan fingerprint density at radius 3 is 2.30 bits per heavy atom. The Morgan fingerprint density at radius 2 is 2.00 bits per heavy atom. The van der Waals surface area contributed by atoms with Crippen molar-refractivity contribution in [3.63, 3.8) is 0 Å². The van der Waals surface area contributed by atoms with Crippen molar-refractivity contribution < 1.29 is 17.3 Å². The third-order valence-corrected chi connectivity index (χ3v) is 1.82. The van der Waals surface area contributed by atoms with Crippen molar-refractivity contribution in [3.05, 3.63) is 0 Å². The van der Waals surface area contributed by atoms with E-state index in [1.807, 2.05) is 6.92 Å². The monoisotopic (exact) mass is 190 g/mol. The molecule has 0 aliphatic carbocycles. The number of hydrogen-bond donors (Lipinski definition) is 0. The highest BCUT2D eigenvalue weighted by molar-refractivity contribution is 7.86. The zero-order valence-corrected chi connectivity index (χ0v) is 8.07. The Labute approximate surface area is 63.6 Å². The third kappa shape index (κ3) is 6.39. The maximum Gasteiger partial charge on any atom is 0.297 e. The summed E-state index contributed by atoms with van der Waals surface area (Å²) in [7, 11) is -3.85. The van der Waals surface area contributed by atoms with Crippen LogP contribution in [-0.4, -0.2) is 14.2 Å². The number of rotatable bonds is 4. The van der Waals surface area contributed by atoms with E-state index in [1.165, 1.54) is 0 Å². The molecule has 10 heavy (non-hydrogen) atoms. The van der Waals surface area contributed by atoms with Crippen LogP contribution in [0.15, 0.2) is 0 Å². The maximum absolute atomic E-state index is 11.0. The van der Waals surface area contributed by atoms with Gasteiger partial charge in [0, 0.05) is 0 Å². The fraction of sp³-hybridized carbons (Fsp3) is 1.00. The summed E-state index contributed by atoms with van der Waals surface area (Å²) < 4.78 is 34.0. The fourth-order valence-electron chi connectivity index (χ4n) is 0.353. The lowest BCUT2D eigenvalue weighted by molar-refractivity contribution is 0.00290. The lowest BCUT2D eigenvalue weighted by Crippen LogP contribution is -2.04. The van der Waals surface area contributed by atoms with Gasteiger partial charge in [-0.3, -0.25) is 0 Å². The van der Waals surface area contributed by atoms with Crippen molar-refractivity contribution >= 4 is 20.0 Å². The Bertz CT molecular complexity index is 156. The summed E-state index contributed by atoms with van der Waals surface area (Å²) in [6.45, 7) is 1.81. The molecule has 6 heteroatoms. The average molecular weight is 190 g/mol. The summed E-state index contributed by atoms with van der Waals surface area (Å²) in [4.78, 5) is 0. The summed E-state index contributed by atoms with van der Waals surface area (Å²) in [5.74, 6) is -0.236. The largest absolute Gasteiger partial charge is 0.297 e. The van der Waals surface area contributed by atoms with Crippen molar-refractivity contribution in [2.45, 2.75) is 19.8 Å². The molecular weight excluding hydrogens is 178 g/mol. The number of hydrogen-bond acceptors (Lipinski definition) is 3. The normalized spacial score (nSPS) is 10.6. The van der Waals surface area contributed by atoms with Crippen molar-refractivity contribution in [1.82, 2.24) is 0 Å². The van der Waals surface area contributed by atoms with Crippen LogP contribution in [0.1, 0.15) is 19.8 Å².